The summed E-state index contributed by atoms with van der Waals surface area (Å²) in [6.07, 6.45) is 3.67. The fourth-order valence-corrected chi connectivity index (χ4v) is 5.08. The molecule has 1 aliphatic rings. The molecule has 1 aliphatic heterocycles. The Morgan fingerprint density at radius 1 is 0.971 bits per heavy atom. The van der Waals surface area contributed by atoms with Gasteiger partial charge >= 0.3 is 0 Å². The zero-order valence-electron chi connectivity index (χ0n) is 18.3. The highest BCUT2D eigenvalue weighted by Gasteiger charge is 2.35. The molecule has 1 fully saturated rings. The molecule has 0 spiro atoms. The van der Waals surface area contributed by atoms with Crippen LogP contribution in [0.25, 0.3) is 17.0 Å². The summed E-state index contributed by atoms with van der Waals surface area (Å²) < 4.78 is 2.07. The molecule has 2 heterocycles. The Morgan fingerprint density at radius 2 is 1.74 bits per heavy atom. The topological polar surface area (TPSA) is 85.5 Å². The first kappa shape index (κ1) is 22.9. The molecule has 0 radical (unpaired) electrons. The minimum absolute atomic E-state index is 0.0298. The number of carbonyl (C=O) groups excluding carboxylic acids is 2. The van der Waals surface area contributed by atoms with E-state index in [1.807, 2.05) is 54.7 Å². The van der Waals surface area contributed by atoms with Gasteiger partial charge in [0.2, 0.25) is 0 Å². The number of benzene rings is 3. The van der Waals surface area contributed by atoms with Crippen molar-refractivity contribution in [3.8, 4) is 0 Å². The van der Waals surface area contributed by atoms with Crippen LogP contribution >= 0.6 is 23.4 Å². The van der Waals surface area contributed by atoms with Gasteiger partial charge < -0.3 is 4.57 Å². The third kappa shape index (κ3) is 4.58. The summed E-state index contributed by atoms with van der Waals surface area (Å²) in [4.78, 5) is 37.7. The number of nitro groups is 1. The largest absolute Gasteiger partial charge is 0.342 e. The number of aromatic nitrogens is 1. The predicted octanol–water partition coefficient (Wildman–Crippen LogP) is 6.49. The first-order valence-electron chi connectivity index (χ1n) is 10.7. The Hall–Kier alpha value is -3.88. The number of carbonyl (C=O) groups is 2. The first-order chi connectivity index (χ1) is 16.9. The van der Waals surface area contributed by atoms with Crippen molar-refractivity contribution in [1.82, 2.24) is 9.47 Å². The number of nitrogens with zero attached hydrogens (tertiary/aromatic N) is 3. The van der Waals surface area contributed by atoms with Gasteiger partial charge in [-0.15, -0.1) is 0 Å². The minimum Gasteiger partial charge on any atom is -0.342 e. The van der Waals surface area contributed by atoms with Crippen LogP contribution in [0, 0.1) is 10.1 Å². The number of halogens is 1. The zero-order valence-corrected chi connectivity index (χ0v) is 19.8. The van der Waals surface area contributed by atoms with E-state index in [4.69, 9.17) is 11.6 Å². The molecule has 9 heteroatoms. The number of non-ortho nitro benzene ring substituents is 1. The second-order valence-electron chi connectivity index (χ2n) is 8.02. The van der Waals surface area contributed by atoms with Crippen LogP contribution in [0.5, 0.6) is 0 Å². The maximum absolute atomic E-state index is 13.1. The van der Waals surface area contributed by atoms with Crippen molar-refractivity contribution >= 4 is 57.2 Å². The number of hydrogen-bond acceptors (Lipinski definition) is 5. The van der Waals surface area contributed by atoms with Crippen LogP contribution in [-0.4, -0.2) is 25.5 Å². The number of amides is 2. The van der Waals surface area contributed by atoms with Gasteiger partial charge in [-0.2, -0.15) is 0 Å². The molecule has 5 rings (SSSR count). The van der Waals surface area contributed by atoms with Gasteiger partial charge in [0.15, 0.2) is 0 Å². The lowest BCUT2D eigenvalue weighted by atomic mass is 10.1. The molecule has 1 saturated heterocycles. The second kappa shape index (κ2) is 9.40. The average Bonchev–Trinajstić information content (AvgIpc) is 3.33. The minimum atomic E-state index is -0.504. The standard InChI is InChI=1S/C26H18ClN3O4S/c27-22-10-3-1-7-18(22)15-28-16-19(21-9-2-4-11-23(21)28)13-24-25(31)29(26(32)35-24)14-17-6-5-8-20(12-17)30(33)34/h1-13,16H,14-15H2. The van der Waals surface area contributed by atoms with Crippen molar-refractivity contribution in [2.45, 2.75) is 13.1 Å². The molecule has 0 saturated carbocycles. The molecule has 174 valence electrons. The normalized spacial score (nSPS) is 14.9. The van der Waals surface area contributed by atoms with Gasteiger partial charge in [-0.3, -0.25) is 24.6 Å². The van der Waals surface area contributed by atoms with E-state index >= 15 is 0 Å². The van der Waals surface area contributed by atoms with E-state index < -0.39 is 16.1 Å². The molecule has 0 aliphatic carbocycles. The Balaban J connectivity index is 1.45. The summed E-state index contributed by atoms with van der Waals surface area (Å²) in [5, 5.41) is 12.3. The summed E-state index contributed by atoms with van der Waals surface area (Å²) >= 11 is 7.23. The van der Waals surface area contributed by atoms with E-state index in [0.717, 1.165) is 38.7 Å². The third-order valence-electron chi connectivity index (χ3n) is 5.74. The summed E-state index contributed by atoms with van der Waals surface area (Å²) in [5.74, 6) is -0.422. The lowest BCUT2D eigenvalue weighted by Crippen LogP contribution is -2.27. The van der Waals surface area contributed by atoms with Gasteiger partial charge in [-0.1, -0.05) is 60.1 Å². The van der Waals surface area contributed by atoms with Crippen molar-refractivity contribution < 1.29 is 14.5 Å². The highest BCUT2D eigenvalue weighted by Crippen LogP contribution is 2.35. The lowest BCUT2D eigenvalue weighted by molar-refractivity contribution is -0.384. The van der Waals surface area contributed by atoms with Crippen LogP contribution in [-0.2, 0) is 17.9 Å². The number of para-hydroxylation sites is 1. The molecule has 0 unspecified atom stereocenters. The van der Waals surface area contributed by atoms with Crippen LogP contribution in [0.3, 0.4) is 0 Å². The van der Waals surface area contributed by atoms with Crippen LogP contribution < -0.4 is 0 Å². The fourth-order valence-electron chi connectivity index (χ4n) is 4.06. The summed E-state index contributed by atoms with van der Waals surface area (Å²) in [6.45, 7) is 0.528. The number of imide groups is 1. The Labute approximate surface area is 209 Å². The highest BCUT2D eigenvalue weighted by atomic mass is 35.5. The van der Waals surface area contributed by atoms with E-state index in [9.17, 15) is 19.7 Å². The maximum Gasteiger partial charge on any atom is 0.293 e. The van der Waals surface area contributed by atoms with Crippen molar-refractivity contribution in [1.29, 1.82) is 0 Å². The molecule has 0 atom stereocenters. The monoisotopic (exact) mass is 503 g/mol. The highest BCUT2D eigenvalue weighted by molar-refractivity contribution is 8.18. The van der Waals surface area contributed by atoms with E-state index in [-0.39, 0.29) is 12.2 Å². The van der Waals surface area contributed by atoms with Crippen LogP contribution in [0.4, 0.5) is 10.5 Å². The van der Waals surface area contributed by atoms with E-state index in [1.54, 1.807) is 12.1 Å². The Morgan fingerprint density at radius 3 is 2.54 bits per heavy atom. The van der Waals surface area contributed by atoms with Gasteiger partial charge in [0, 0.05) is 46.4 Å². The molecular weight excluding hydrogens is 486 g/mol. The van der Waals surface area contributed by atoms with Crippen LogP contribution in [0.1, 0.15) is 16.7 Å². The van der Waals surface area contributed by atoms with Crippen molar-refractivity contribution in [3.63, 3.8) is 0 Å². The lowest BCUT2D eigenvalue weighted by Gasteiger charge is -2.12. The van der Waals surface area contributed by atoms with Gasteiger partial charge in [0.1, 0.15) is 0 Å². The van der Waals surface area contributed by atoms with Gasteiger partial charge in [-0.25, -0.2) is 0 Å². The van der Waals surface area contributed by atoms with E-state index in [1.165, 1.54) is 18.2 Å². The van der Waals surface area contributed by atoms with E-state index in [2.05, 4.69) is 4.57 Å². The van der Waals surface area contributed by atoms with Crippen molar-refractivity contribution in [2.75, 3.05) is 0 Å². The van der Waals surface area contributed by atoms with Crippen molar-refractivity contribution in [3.05, 3.63) is 116 Å². The summed E-state index contributed by atoms with van der Waals surface area (Å²) in [5.41, 5.74) is 3.19. The number of nitro benzene ring substituents is 1. The Kier molecular flexibility index (Phi) is 6.15. The zero-order chi connectivity index (χ0) is 24.5. The van der Waals surface area contributed by atoms with Crippen molar-refractivity contribution in [2.24, 2.45) is 0 Å². The molecule has 3 aromatic carbocycles. The van der Waals surface area contributed by atoms with Gasteiger partial charge in [0.25, 0.3) is 16.8 Å². The second-order valence-corrected chi connectivity index (χ2v) is 9.42. The van der Waals surface area contributed by atoms with Crippen LogP contribution in [0.15, 0.2) is 83.9 Å². The molecule has 1 aromatic heterocycles. The number of rotatable bonds is 6. The van der Waals surface area contributed by atoms with Crippen LogP contribution in [0.2, 0.25) is 5.02 Å². The average molecular weight is 504 g/mol. The number of fused-ring (bicyclic) bond motifs is 1. The molecular formula is C26H18ClN3O4S. The SMILES string of the molecule is O=C1SC(=Cc2cn(Cc3ccccc3Cl)c3ccccc23)C(=O)N1Cc1cccc([N+](=O)[O-])c1. The third-order valence-corrected chi connectivity index (χ3v) is 7.02. The predicted molar refractivity (Wildman–Crippen MR) is 137 cm³/mol. The maximum atomic E-state index is 13.1. The number of hydrogen-bond donors (Lipinski definition) is 0. The molecule has 0 N–H and O–H groups in total. The van der Waals surface area contributed by atoms with Gasteiger partial charge in [-0.05, 0) is 41.1 Å². The molecule has 7 nitrogen and oxygen atoms in total. The summed E-state index contributed by atoms with van der Waals surface area (Å²) in [7, 11) is 0. The van der Waals surface area contributed by atoms with E-state index in [0.29, 0.717) is 22.0 Å². The first-order valence-corrected chi connectivity index (χ1v) is 11.9. The summed E-state index contributed by atoms with van der Waals surface area (Å²) in [6, 6.07) is 21.4. The quantitative estimate of drug-likeness (QED) is 0.170. The molecule has 4 aromatic rings. The van der Waals surface area contributed by atoms with Gasteiger partial charge in [0.05, 0.1) is 16.4 Å². The molecule has 2 amide bonds. The smallest absolute Gasteiger partial charge is 0.293 e. The number of thioether (sulfide) groups is 1. The Bertz CT molecular complexity index is 1530. The fraction of sp³-hybridized carbons (Fsp3) is 0.0769. The molecule has 35 heavy (non-hydrogen) atoms. The molecule has 0 bridgehead atoms.